The first kappa shape index (κ1) is 16.6. The van der Waals surface area contributed by atoms with Crippen LogP contribution in [0.5, 0.6) is 0 Å². The van der Waals surface area contributed by atoms with Gasteiger partial charge >= 0.3 is 0 Å². The van der Waals surface area contributed by atoms with Crippen molar-refractivity contribution >= 4 is 22.6 Å². The lowest BCUT2D eigenvalue weighted by Crippen LogP contribution is -2.35. The first-order chi connectivity index (χ1) is 11.6. The summed E-state index contributed by atoms with van der Waals surface area (Å²) < 4.78 is 5.64. The number of carbonyl (C=O) groups is 1. The van der Waals surface area contributed by atoms with E-state index in [1.165, 1.54) is 0 Å². The predicted molar refractivity (Wildman–Crippen MR) is 95.4 cm³/mol. The second-order valence-corrected chi connectivity index (χ2v) is 6.34. The summed E-state index contributed by atoms with van der Waals surface area (Å²) in [6, 6.07) is 7.93. The fourth-order valence-corrected chi connectivity index (χ4v) is 3.40. The van der Waals surface area contributed by atoms with Gasteiger partial charge < -0.3 is 14.6 Å². The summed E-state index contributed by atoms with van der Waals surface area (Å²) in [6.45, 7) is 6.05. The molecule has 2 aromatic rings. The molecule has 0 aliphatic heterocycles. The summed E-state index contributed by atoms with van der Waals surface area (Å²) in [6.07, 6.45) is 4.37. The molecule has 1 aromatic carbocycles. The van der Waals surface area contributed by atoms with E-state index < -0.39 is 0 Å². The highest BCUT2D eigenvalue weighted by molar-refractivity contribution is 5.97. The van der Waals surface area contributed by atoms with E-state index in [0.717, 1.165) is 49.8 Å². The summed E-state index contributed by atoms with van der Waals surface area (Å²) >= 11 is 0. The lowest BCUT2D eigenvalue weighted by atomic mass is 10.1. The van der Waals surface area contributed by atoms with Crippen molar-refractivity contribution in [3.8, 4) is 0 Å². The van der Waals surface area contributed by atoms with Gasteiger partial charge in [0.25, 0.3) is 5.91 Å². The number of amides is 1. The van der Waals surface area contributed by atoms with Crippen molar-refractivity contribution in [3.05, 3.63) is 35.4 Å². The molecule has 5 heteroatoms. The Kier molecular flexibility index (Phi) is 4.88. The Morgan fingerprint density at radius 1 is 1.25 bits per heavy atom. The molecule has 0 bridgehead atoms. The Labute approximate surface area is 142 Å². The van der Waals surface area contributed by atoms with Crippen molar-refractivity contribution in [1.29, 1.82) is 5.41 Å². The van der Waals surface area contributed by atoms with Gasteiger partial charge in [-0.25, -0.2) is 0 Å². The van der Waals surface area contributed by atoms with Crippen LogP contribution in [0.15, 0.2) is 28.7 Å². The smallest absolute Gasteiger partial charge is 0.257 e. The average Bonchev–Trinajstić information content (AvgIpc) is 3.08. The molecule has 1 fully saturated rings. The highest BCUT2D eigenvalue weighted by Gasteiger charge is 2.20. The molecular weight excluding hydrogens is 302 g/mol. The van der Waals surface area contributed by atoms with E-state index in [4.69, 9.17) is 9.83 Å². The van der Waals surface area contributed by atoms with Gasteiger partial charge in [0.1, 0.15) is 11.1 Å². The Morgan fingerprint density at radius 2 is 1.96 bits per heavy atom. The number of nitrogens with zero attached hydrogens (tertiary/aromatic N) is 1. The summed E-state index contributed by atoms with van der Waals surface area (Å²) in [5.74, 6) is -0.203. The van der Waals surface area contributed by atoms with E-state index in [1.807, 2.05) is 18.2 Å². The van der Waals surface area contributed by atoms with Gasteiger partial charge in [0.05, 0.1) is 0 Å². The summed E-state index contributed by atoms with van der Waals surface area (Å²) in [5, 5.41) is 12.0. The number of rotatable bonds is 5. The van der Waals surface area contributed by atoms with Crippen LogP contribution >= 0.6 is 0 Å². The van der Waals surface area contributed by atoms with Crippen molar-refractivity contribution in [3.63, 3.8) is 0 Å². The van der Waals surface area contributed by atoms with Crippen molar-refractivity contribution < 1.29 is 9.21 Å². The molecule has 128 valence electrons. The average molecular weight is 327 g/mol. The molecule has 0 unspecified atom stereocenters. The molecule has 0 spiro atoms. The van der Waals surface area contributed by atoms with E-state index in [1.54, 1.807) is 6.07 Å². The minimum absolute atomic E-state index is 0.0744. The minimum Gasteiger partial charge on any atom is -0.438 e. The van der Waals surface area contributed by atoms with Gasteiger partial charge in [-0.15, -0.1) is 0 Å². The minimum atomic E-state index is -0.203. The standard InChI is InChI=1S/C19H25N3O2/c1-3-22(4-2)15-10-9-13-11-16(18(20)24-17(13)12-15)19(23)21-14-7-5-6-8-14/h9-12,14,20H,3-8H2,1-2H3,(H,21,23). The zero-order chi connectivity index (χ0) is 17.1. The molecule has 1 aliphatic rings. The van der Waals surface area contributed by atoms with E-state index >= 15 is 0 Å². The summed E-state index contributed by atoms with van der Waals surface area (Å²) in [5.41, 5.74) is 1.94. The van der Waals surface area contributed by atoms with Crippen molar-refractivity contribution in [2.24, 2.45) is 0 Å². The van der Waals surface area contributed by atoms with Gasteiger partial charge in [0.15, 0.2) is 0 Å². The highest BCUT2D eigenvalue weighted by atomic mass is 16.3. The number of nitrogens with one attached hydrogen (secondary N) is 2. The Bertz CT molecular complexity index is 787. The van der Waals surface area contributed by atoms with Crippen molar-refractivity contribution in [1.82, 2.24) is 5.32 Å². The molecule has 2 N–H and O–H groups in total. The molecule has 5 nitrogen and oxygen atoms in total. The fraction of sp³-hybridized carbons (Fsp3) is 0.474. The number of carbonyl (C=O) groups excluding carboxylic acids is 1. The normalized spacial score (nSPS) is 14.9. The van der Waals surface area contributed by atoms with Crippen LogP contribution in [0, 0.1) is 5.41 Å². The zero-order valence-electron chi connectivity index (χ0n) is 14.4. The van der Waals surface area contributed by atoms with Gasteiger partial charge in [-0.1, -0.05) is 12.8 Å². The molecule has 1 amide bonds. The van der Waals surface area contributed by atoms with Crippen LogP contribution in [0.3, 0.4) is 0 Å². The van der Waals surface area contributed by atoms with Gasteiger partial charge in [0, 0.05) is 36.3 Å². The number of hydrogen-bond acceptors (Lipinski definition) is 4. The lowest BCUT2D eigenvalue weighted by Gasteiger charge is -2.21. The van der Waals surface area contributed by atoms with Crippen LogP contribution in [0.4, 0.5) is 5.69 Å². The quantitative estimate of drug-likeness (QED) is 0.884. The Balaban J connectivity index is 1.91. The third-order valence-electron chi connectivity index (χ3n) is 4.82. The third kappa shape index (κ3) is 3.30. The molecule has 1 heterocycles. The monoisotopic (exact) mass is 327 g/mol. The predicted octanol–water partition coefficient (Wildman–Crippen LogP) is 3.43. The molecule has 0 saturated heterocycles. The maximum Gasteiger partial charge on any atom is 0.257 e. The van der Waals surface area contributed by atoms with Crippen LogP contribution in [0.2, 0.25) is 0 Å². The largest absolute Gasteiger partial charge is 0.438 e. The second kappa shape index (κ2) is 7.07. The second-order valence-electron chi connectivity index (χ2n) is 6.34. The maximum absolute atomic E-state index is 12.4. The maximum atomic E-state index is 12.4. The van der Waals surface area contributed by atoms with E-state index in [9.17, 15) is 4.79 Å². The van der Waals surface area contributed by atoms with Crippen LogP contribution in [-0.2, 0) is 0 Å². The first-order valence-corrected chi connectivity index (χ1v) is 8.80. The molecule has 1 aliphatic carbocycles. The Morgan fingerprint density at radius 3 is 2.62 bits per heavy atom. The van der Waals surface area contributed by atoms with Crippen LogP contribution < -0.4 is 15.8 Å². The summed E-state index contributed by atoms with van der Waals surface area (Å²) in [7, 11) is 0. The van der Waals surface area contributed by atoms with Crippen molar-refractivity contribution in [2.45, 2.75) is 45.6 Å². The number of fused-ring (bicyclic) bond motifs is 1. The van der Waals surface area contributed by atoms with Crippen LogP contribution in [0.1, 0.15) is 49.9 Å². The van der Waals surface area contributed by atoms with Gasteiger partial charge in [-0.05, 0) is 44.9 Å². The topological polar surface area (TPSA) is 69.3 Å². The van der Waals surface area contributed by atoms with E-state index in [0.29, 0.717) is 11.1 Å². The van der Waals surface area contributed by atoms with Gasteiger partial charge in [-0.3, -0.25) is 10.2 Å². The molecule has 1 aromatic heterocycles. The summed E-state index contributed by atoms with van der Waals surface area (Å²) in [4.78, 5) is 14.7. The third-order valence-corrected chi connectivity index (χ3v) is 4.82. The lowest BCUT2D eigenvalue weighted by molar-refractivity contribution is 0.0933. The SMILES string of the molecule is CCN(CC)c1ccc2cc(C(=O)NC3CCCC3)c(=N)oc2c1. The van der Waals surface area contributed by atoms with Crippen molar-refractivity contribution in [2.75, 3.05) is 18.0 Å². The van der Waals surface area contributed by atoms with Gasteiger partial charge in [-0.2, -0.15) is 0 Å². The molecule has 0 atom stereocenters. The zero-order valence-corrected chi connectivity index (χ0v) is 14.4. The van der Waals surface area contributed by atoms with Gasteiger partial charge in [0.2, 0.25) is 5.55 Å². The number of anilines is 1. The molecule has 1 saturated carbocycles. The number of benzene rings is 1. The Hall–Kier alpha value is -2.30. The fourth-order valence-electron chi connectivity index (χ4n) is 3.40. The highest BCUT2D eigenvalue weighted by Crippen LogP contribution is 2.22. The van der Waals surface area contributed by atoms with E-state index in [2.05, 4.69) is 24.1 Å². The van der Waals surface area contributed by atoms with Crippen LogP contribution in [0.25, 0.3) is 11.0 Å². The molecule has 24 heavy (non-hydrogen) atoms. The molecular formula is C19H25N3O2. The van der Waals surface area contributed by atoms with E-state index in [-0.39, 0.29) is 17.5 Å². The molecule has 0 radical (unpaired) electrons. The number of hydrogen-bond donors (Lipinski definition) is 2. The van der Waals surface area contributed by atoms with Crippen LogP contribution in [-0.4, -0.2) is 25.0 Å². The molecule has 3 rings (SSSR count). The first-order valence-electron chi connectivity index (χ1n) is 8.80.